The van der Waals surface area contributed by atoms with Crippen LogP contribution in [-0.2, 0) is 16.0 Å². The van der Waals surface area contributed by atoms with Crippen molar-refractivity contribution in [3.05, 3.63) is 17.2 Å². The summed E-state index contributed by atoms with van der Waals surface area (Å²) in [5, 5.41) is 0. The molecule has 1 saturated carbocycles. The fraction of sp³-hybridized carbons (Fsp3) is 0.500. The minimum Gasteiger partial charge on any atom is -0.484 e. The molecule has 1 aromatic carbocycles. The number of esters is 1. The highest BCUT2D eigenvalue weighted by atomic mass is 16.7. The van der Waals surface area contributed by atoms with Crippen molar-refractivity contribution in [3.8, 4) is 17.2 Å². The molecule has 22 heavy (non-hydrogen) atoms. The quantitative estimate of drug-likeness (QED) is 0.455. The minimum atomic E-state index is -0.418. The highest BCUT2D eigenvalue weighted by Gasteiger charge is 2.34. The van der Waals surface area contributed by atoms with Gasteiger partial charge in [-0.2, -0.15) is 0 Å². The number of ketones is 1. The molecule has 0 amide bonds. The lowest BCUT2D eigenvalue weighted by Crippen LogP contribution is -2.11. The Morgan fingerprint density at radius 1 is 1.41 bits per heavy atom. The van der Waals surface area contributed by atoms with Gasteiger partial charge in [0.15, 0.2) is 13.4 Å². The van der Waals surface area contributed by atoms with Crippen LogP contribution in [0.2, 0.25) is 0 Å². The Bertz CT molecular complexity index is 618. The van der Waals surface area contributed by atoms with Crippen molar-refractivity contribution in [2.75, 3.05) is 20.5 Å². The van der Waals surface area contributed by atoms with E-state index in [1.165, 1.54) is 14.0 Å². The lowest BCUT2D eigenvalue weighted by molar-refractivity contribution is -0.131. The normalized spacial score (nSPS) is 16.2. The molecule has 0 radical (unpaired) electrons. The van der Waals surface area contributed by atoms with Crippen LogP contribution in [0.3, 0.4) is 0 Å². The average molecular weight is 306 g/mol. The Hall–Kier alpha value is -2.08. The number of benzene rings is 1. The number of carbonyl (C=O) groups is 2. The highest BCUT2D eigenvalue weighted by molar-refractivity contribution is 6.05. The van der Waals surface area contributed by atoms with Gasteiger partial charge in [-0.25, -0.2) is 0 Å². The number of carbonyl (C=O) groups excluding carboxylic acids is 2. The fourth-order valence-electron chi connectivity index (χ4n) is 2.57. The molecule has 1 fully saturated rings. The van der Waals surface area contributed by atoms with Crippen LogP contribution in [0.25, 0.3) is 0 Å². The Kier molecular flexibility index (Phi) is 4.02. The molecular formula is C16H18O6. The van der Waals surface area contributed by atoms with Crippen molar-refractivity contribution in [2.45, 2.75) is 26.2 Å². The zero-order chi connectivity index (χ0) is 15.7. The molecule has 118 valence electrons. The first-order chi connectivity index (χ1) is 10.6. The smallest absolute Gasteiger partial charge is 0.308 e. The molecule has 1 aliphatic heterocycles. The van der Waals surface area contributed by atoms with Gasteiger partial charge in [-0.05, 0) is 25.2 Å². The summed E-state index contributed by atoms with van der Waals surface area (Å²) in [7, 11) is 1.51. The summed E-state index contributed by atoms with van der Waals surface area (Å²) in [6, 6.07) is 1.61. The molecule has 1 heterocycles. The number of hydrogen-bond donors (Lipinski definition) is 0. The molecule has 1 aromatic rings. The molecule has 0 saturated heterocycles. The van der Waals surface area contributed by atoms with E-state index in [1.807, 2.05) is 0 Å². The number of methoxy groups -OCH3 is 1. The maximum absolute atomic E-state index is 12.1. The Labute approximate surface area is 128 Å². The monoisotopic (exact) mass is 306 g/mol. The van der Waals surface area contributed by atoms with Gasteiger partial charge in [-0.3, -0.25) is 9.59 Å². The van der Waals surface area contributed by atoms with Crippen LogP contribution >= 0.6 is 0 Å². The highest BCUT2D eigenvalue weighted by Crippen LogP contribution is 2.46. The van der Waals surface area contributed by atoms with Crippen molar-refractivity contribution >= 4 is 11.8 Å². The van der Waals surface area contributed by atoms with Gasteiger partial charge >= 0.3 is 5.97 Å². The maximum Gasteiger partial charge on any atom is 0.308 e. The van der Waals surface area contributed by atoms with Crippen molar-refractivity contribution in [3.63, 3.8) is 0 Å². The molecule has 6 heteroatoms. The molecule has 0 bridgehead atoms. The summed E-state index contributed by atoms with van der Waals surface area (Å²) in [5.41, 5.74) is 1.16. The van der Waals surface area contributed by atoms with Gasteiger partial charge in [0.1, 0.15) is 22.8 Å². The second kappa shape index (κ2) is 5.96. The summed E-state index contributed by atoms with van der Waals surface area (Å²) < 4.78 is 21.3. The number of fused-ring (bicyclic) bond motifs is 1. The molecule has 2 aliphatic rings. The van der Waals surface area contributed by atoms with Crippen LogP contribution in [0.5, 0.6) is 17.2 Å². The van der Waals surface area contributed by atoms with Crippen LogP contribution in [-0.4, -0.2) is 32.3 Å². The topological polar surface area (TPSA) is 71.1 Å². The SMILES string of the molecule is COCOc1c(CC2CC2)c(OC(C)=O)cc2c1C(=O)CO2. The number of hydrogen-bond acceptors (Lipinski definition) is 6. The Morgan fingerprint density at radius 3 is 2.82 bits per heavy atom. The second-order valence-corrected chi connectivity index (χ2v) is 5.56. The molecule has 0 unspecified atom stereocenters. The molecule has 1 aliphatic carbocycles. The van der Waals surface area contributed by atoms with Gasteiger partial charge in [0.2, 0.25) is 5.78 Å². The van der Waals surface area contributed by atoms with Crippen molar-refractivity contribution in [2.24, 2.45) is 5.92 Å². The molecule has 0 atom stereocenters. The first kappa shape index (κ1) is 14.8. The van der Waals surface area contributed by atoms with E-state index in [2.05, 4.69) is 0 Å². The van der Waals surface area contributed by atoms with E-state index in [-0.39, 0.29) is 19.2 Å². The van der Waals surface area contributed by atoms with E-state index < -0.39 is 5.97 Å². The summed E-state index contributed by atoms with van der Waals surface area (Å²) >= 11 is 0. The first-order valence-electron chi connectivity index (χ1n) is 7.26. The van der Waals surface area contributed by atoms with Gasteiger partial charge < -0.3 is 18.9 Å². The van der Waals surface area contributed by atoms with Gasteiger partial charge in [-0.15, -0.1) is 0 Å². The van der Waals surface area contributed by atoms with Crippen molar-refractivity contribution in [1.82, 2.24) is 0 Å². The molecular weight excluding hydrogens is 288 g/mol. The van der Waals surface area contributed by atoms with Gasteiger partial charge in [0, 0.05) is 25.7 Å². The van der Waals surface area contributed by atoms with Gasteiger partial charge in [0.25, 0.3) is 0 Å². The standard InChI is InChI=1S/C16H18O6/c1-9(17)22-13-6-14-15(12(18)7-20-14)16(21-8-19-2)11(13)5-10-3-4-10/h6,10H,3-5,7-8H2,1-2H3. The average Bonchev–Trinajstić information content (AvgIpc) is 3.21. The summed E-state index contributed by atoms with van der Waals surface area (Å²) in [5.74, 6) is 1.21. The molecule has 3 rings (SSSR count). The maximum atomic E-state index is 12.1. The lowest BCUT2D eigenvalue weighted by atomic mass is 10.00. The van der Waals surface area contributed by atoms with Crippen LogP contribution in [0.1, 0.15) is 35.7 Å². The summed E-state index contributed by atoms with van der Waals surface area (Å²) in [6.07, 6.45) is 2.97. The molecule has 0 aromatic heterocycles. The number of ether oxygens (including phenoxy) is 4. The number of rotatable bonds is 6. The van der Waals surface area contributed by atoms with E-state index in [0.29, 0.717) is 35.2 Å². The van der Waals surface area contributed by atoms with E-state index in [9.17, 15) is 9.59 Å². The third kappa shape index (κ3) is 2.92. The fourth-order valence-corrected chi connectivity index (χ4v) is 2.57. The van der Waals surface area contributed by atoms with E-state index in [0.717, 1.165) is 18.4 Å². The first-order valence-corrected chi connectivity index (χ1v) is 7.26. The van der Waals surface area contributed by atoms with E-state index >= 15 is 0 Å². The number of Topliss-reactive ketones (excluding diaryl/α,β-unsaturated/α-hetero) is 1. The zero-order valence-corrected chi connectivity index (χ0v) is 12.6. The second-order valence-electron chi connectivity index (χ2n) is 5.56. The largest absolute Gasteiger partial charge is 0.484 e. The third-order valence-corrected chi connectivity index (χ3v) is 3.71. The Balaban J connectivity index is 2.09. The summed E-state index contributed by atoms with van der Waals surface area (Å²) in [6.45, 7) is 1.34. The van der Waals surface area contributed by atoms with Crippen LogP contribution < -0.4 is 14.2 Å². The minimum absolute atomic E-state index is 0.0148. The van der Waals surface area contributed by atoms with Crippen LogP contribution in [0.4, 0.5) is 0 Å². The predicted molar refractivity (Wildman–Crippen MR) is 76.5 cm³/mol. The van der Waals surface area contributed by atoms with E-state index in [4.69, 9.17) is 18.9 Å². The van der Waals surface area contributed by atoms with Gasteiger partial charge in [0.05, 0.1) is 0 Å². The van der Waals surface area contributed by atoms with Crippen LogP contribution in [0, 0.1) is 5.92 Å². The molecule has 0 spiro atoms. The zero-order valence-electron chi connectivity index (χ0n) is 12.6. The van der Waals surface area contributed by atoms with E-state index in [1.54, 1.807) is 6.07 Å². The lowest BCUT2D eigenvalue weighted by Gasteiger charge is -2.17. The summed E-state index contributed by atoms with van der Waals surface area (Å²) in [4.78, 5) is 23.4. The van der Waals surface area contributed by atoms with Crippen LogP contribution in [0.15, 0.2) is 6.07 Å². The van der Waals surface area contributed by atoms with Crippen molar-refractivity contribution in [1.29, 1.82) is 0 Å². The third-order valence-electron chi connectivity index (χ3n) is 3.71. The molecule has 6 nitrogen and oxygen atoms in total. The molecule has 0 N–H and O–H groups in total. The van der Waals surface area contributed by atoms with Gasteiger partial charge in [-0.1, -0.05) is 0 Å². The predicted octanol–water partition coefficient (Wildman–Crippen LogP) is 2.12. The Morgan fingerprint density at radius 2 is 2.18 bits per heavy atom. The van der Waals surface area contributed by atoms with Crippen molar-refractivity contribution < 1.29 is 28.5 Å².